The first-order chi connectivity index (χ1) is 12.5. The Kier molecular flexibility index (Phi) is 9.02. The maximum absolute atomic E-state index is 13.4. The lowest BCUT2D eigenvalue weighted by Gasteiger charge is -2.37. The van der Waals surface area contributed by atoms with Crippen molar-refractivity contribution in [2.75, 3.05) is 45.8 Å². The second-order valence-corrected chi connectivity index (χ2v) is 8.43. The highest BCUT2D eigenvalue weighted by molar-refractivity contribution is 5.85. The number of piperidine rings is 1. The van der Waals surface area contributed by atoms with Crippen molar-refractivity contribution >= 4 is 24.2 Å². The largest absolute Gasteiger partial charge is 0.405 e. The van der Waals surface area contributed by atoms with E-state index >= 15 is 0 Å². The number of nitrogens with one attached hydrogen (secondary N) is 2. The van der Waals surface area contributed by atoms with Gasteiger partial charge in [-0.3, -0.25) is 14.5 Å². The number of hydrogen-bond acceptors (Lipinski definition) is 4. The van der Waals surface area contributed by atoms with E-state index in [4.69, 9.17) is 0 Å². The molecule has 0 saturated carbocycles. The summed E-state index contributed by atoms with van der Waals surface area (Å²) in [4.78, 5) is 27.9. The molecule has 2 aliphatic rings. The number of halogens is 4. The molecule has 0 radical (unpaired) electrons. The lowest BCUT2D eigenvalue weighted by molar-refractivity contribution is -0.184. The van der Waals surface area contributed by atoms with Crippen LogP contribution in [0.3, 0.4) is 0 Å². The van der Waals surface area contributed by atoms with Crippen LogP contribution in [0, 0.1) is 11.3 Å². The average molecular weight is 429 g/mol. The molecule has 0 aromatic carbocycles. The Hall–Kier alpha value is -1.06. The Labute approximate surface area is 171 Å². The molecular formula is C18H32ClF3N4O2. The molecule has 0 aliphatic carbocycles. The summed E-state index contributed by atoms with van der Waals surface area (Å²) in [5, 5.41) is 5.53. The lowest BCUT2D eigenvalue weighted by atomic mass is 9.91. The maximum atomic E-state index is 13.4. The Morgan fingerprint density at radius 2 is 1.75 bits per heavy atom. The van der Waals surface area contributed by atoms with Gasteiger partial charge in [0.25, 0.3) is 0 Å². The second-order valence-electron chi connectivity index (χ2n) is 8.43. The Morgan fingerprint density at radius 3 is 2.29 bits per heavy atom. The third-order valence-corrected chi connectivity index (χ3v) is 5.16. The number of likely N-dealkylation sites (tertiary alicyclic amines) is 1. The van der Waals surface area contributed by atoms with Crippen molar-refractivity contribution in [1.29, 1.82) is 0 Å². The van der Waals surface area contributed by atoms with Gasteiger partial charge in [0, 0.05) is 51.2 Å². The predicted octanol–water partition coefficient (Wildman–Crippen LogP) is 1.65. The van der Waals surface area contributed by atoms with Crippen LogP contribution in [-0.2, 0) is 9.59 Å². The molecule has 2 saturated heterocycles. The van der Waals surface area contributed by atoms with Crippen LogP contribution in [0.25, 0.3) is 0 Å². The molecule has 0 aromatic rings. The van der Waals surface area contributed by atoms with Crippen molar-refractivity contribution < 1.29 is 22.8 Å². The second kappa shape index (κ2) is 10.1. The number of amides is 2. The van der Waals surface area contributed by atoms with E-state index in [1.807, 2.05) is 20.8 Å². The molecule has 2 aliphatic heterocycles. The number of hydrogen-bond donors (Lipinski definition) is 2. The zero-order chi connectivity index (χ0) is 20.2. The fourth-order valence-corrected chi connectivity index (χ4v) is 3.64. The Morgan fingerprint density at radius 1 is 1.14 bits per heavy atom. The topological polar surface area (TPSA) is 64.7 Å². The van der Waals surface area contributed by atoms with Gasteiger partial charge in [0.1, 0.15) is 6.04 Å². The Bertz CT molecular complexity index is 534. The summed E-state index contributed by atoms with van der Waals surface area (Å²) in [5.74, 6) is -0.887. The van der Waals surface area contributed by atoms with E-state index in [1.165, 1.54) is 4.90 Å². The van der Waals surface area contributed by atoms with Crippen molar-refractivity contribution in [3.63, 3.8) is 0 Å². The lowest BCUT2D eigenvalue weighted by Crippen LogP contribution is -2.58. The van der Waals surface area contributed by atoms with Gasteiger partial charge in [0.15, 0.2) is 0 Å². The number of alkyl halides is 3. The minimum Gasteiger partial charge on any atom is -0.354 e. The normalized spacial score (nSPS) is 22.9. The highest BCUT2D eigenvalue weighted by Gasteiger charge is 2.44. The SMILES string of the molecule is CC(C)(C)C(=O)N1CCCC(C(=O)NCC(N2CCNCC2)C(F)(F)F)C1.Cl. The van der Waals surface area contributed by atoms with Crippen LogP contribution in [0.2, 0.25) is 0 Å². The van der Waals surface area contributed by atoms with Crippen molar-refractivity contribution in [2.45, 2.75) is 45.8 Å². The summed E-state index contributed by atoms with van der Waals surface area (Å²) in [6.45, 7) is 7.49. The van der Waals surface area contributed by atoms with Crippen LogP contribution in [0.5, 0.6) is 0 Å². The van der Waals surface area contributed by atoms with E-state index in [0.29, 0.717) is 45.6 Å². The molecule has 2 amide bonds. The third-order valence-electron chi connectivity index (χ3n) is 5.16. The van der Waals surface area contributed by atoms with Gasteiger partial charge in [0.2, 0.25) is 11.8 Å². The summed E-state index contributed by atoms with van der Waals surface area (Å²) in [6.07, 6.45) is -3.13. The van der Waals surface area contributed by atoms with Gasteiger partial charge >= 0.3 is 6.18 Å². The van der Waals surface area contributed by atoms with E-state index in [-0.39, 0.29) is 24.9 Å². The van der Waals surface area contributed by atoms with Crippen LogP contribution in [0.15, 0.2) is 0 Å². The fourth-order valence-electron chi connectivity index (χ4n) is 3.64. The first-order valence-corrected chi connectivity index (χ1v) is 9.58. The highest BCUT2D eigenvalue weighted by Crippen LogP contribution is 2.26. The molecule has 6 nitrogen and oxygen atoms in total. The molecule has 2 heterocycles. The zero-order valence-corrected chi connectivity index (χ0v) is 17.6. The number of rotatable bonds is 4. The first-order valence-electron chi connectivity index (χ1n) is 9.58. The number of carbonyl (C=O) groups excluding carboxylic acids is 2. The third kappa shape index (κ3) is 6.77. The zero-order valence-electron chi connectivity index (χ0n) is 16.8. The van der Waals surface area contributed by atoms with Gasteiger partial charge in [-0.1, -0.05) is 20.8 Å². The van der Waals surface area contributed by atoms with Gasteiger partial charge in [0.05, 0.1) is 5.92 Å². The molecule has 0 aromatic heterocycles. The molecule has 10 heteroatoms. The van der Waals surface area contributed by atoms with Crippen molar-refractivity contribution in [2.24, 2.45) is 11.3 Å². The quantitative estimate of drug-likeness (QED) is 0.714. The molecule has 164 valence electrons. The Balaban J connectivity index is 0.00000392. The molecule has 2 fully saturated rings. The van der Waals surface area contributed by atoms with Gasteiger partial charge in [-0.15, -0.1) is 12.4 Å². The molecule has 28 heavy (non-hydrogen) atoms. The van der Waals surface area contributed by atoms with Crippen molar-refractivity contribution in [3.05, 3.63) is 0 Å². The van der Waals surface area contributed by atoms with Crippen molar-refractivity contribution in [1.82, 2.24) is 20.4 Å². The molecule has 2 rings (SSSR count). The van der Waals surface area contributed by atoms with Crippen LogP contribution in [0.4, 0.5) is 13.2 Å². The standard InChI is InChI=1S/C18H31F3N4O2.ClH/c1-17(2,3)16(27)25-8-4-5-13(12-25)15(26)23-11-14(18(19,20)21)24-9-6-22-7-10-24;/h13-14,22H,4-12H2,1-3H3,(H,23,26);1H. The van der Waals surface area contributed by atoms with Crippen LogP contribution >= 0.6 is 12.4 Å². The summed E-state index contributed by atoms with van der Waals surface area (Å²) in [5.41, 5.74) is -0.540. The molecule has 2 atom stereocenters. The van der Waals surface area contributed by atoms with Crippen LogP contribution < -0.4 is 10.6 Å². The summed E-state index contributed by atoms with van der Waals surface area (Å²) < 4.78 is 40.3. The minimum atomic E-state index is -4.40. The smallest absolute Gasteiger partial charge is 0.354 e. The maximum Gasteiger partial charge on any atom is 0.405 e. The number of carbonyl (C=O) groups is 2. The van der Waals surface area contributed by atoms with Crippen LogP contribution in [-0.4, -0.2) is 79.6 Å². The van der Waals surface area contributed by atoms with Crippen LogP contribution in [0.1, 0.15) is 33.6 Å². The van der Waals surface area contributed by atoms with Crippen molar-refractivity contribution in [3.8, 4) is 0 Å². The van der Waals surface area contributed by atoms with E-state index in [0.717, 1.165) is 0 Å². The number of piperazine rings is 1. The van der Waals surface area contributed by atoms with Gasteiger partial charge < -0.3 is 15.5 Å². The highest BCUT2D eigenvalue weighted by atomic mass is 35.5. The van der Waals surface area contributed by atoms with Gasteiger partial charge in [-0.05, 0) is 12.8 Å². The molecule has 0 bridgehead atoms. The first kappa shape index (κ1) is 25.0. The minimum absolute atomic E-state index is 0. The van der Waals surface area contributed by atoms with E-state index < -0.39 is 36.0 Å². The van der Waals surface area contributed by atoms with E-state index in [1.54, 1.807) is 4.90 Å². The predicted molar refractivity (Wildman–Crippen MR) is 103 cm³/mol. The van der Waals surface area contributed by atoms with Gasteiger partial charge in [-0.25, -0.2) is 0 Å². The summed E-state index contributed by atoms with van der Waals surface area (Å²) >= 11 is 0. The van der Waals surface area contributed by atoms with Gasteiger partial charge in [-0.2, -0.15) is 13.2 Å². The molecule has 2 N–H and O–H groups in total. The fraction of sp³-hybridized carbons (Fsp3) is 0.889. The number of nitrogens with zero attached hydrogens (tertiary/aromatic N) is 2. The average Bonchev–Trinajstić information content (AvgIpc) is 2.60. The summed E-state index contributed by atoms with van der Waals surface area (Å²) in [7, 11) is 0. The summed E-state index contributed by atoms with van der Waals surface area (Å²) in [6, 6.07) is -1.68. The monoisotopic (exact) mass is 428 g/mol. The van der Waals surface area contributed by atoms with E-state index in [2.05, 4.69) is 10.6 Å². The molecular weight excluding hydrogens is 397 g/mol. The molecule has 2 unspecified atom stereocenters. The molecule has 0 spiro atoms. The van der Waals surface area contributed by atoms with E-state index in [9.17, 15) is 22.8 Å².